The Morgan fingerprint density at radius 2 is 2.06 bits per heavy atom. The molecule has 3 heterocycles. The van der Waals surface area contributed by atoms with Crippen LogP contribution in [0.4, 0.5) is 8.78 Å². The normalized spacial score (nSPS) is 13.6. The summed E-state index contributed by atoms with van der Waals surface area (Å²) in [5, 5.41) is 17.0. The second-order valence-corrected chi connectivity index (χ2v) is 7.60. The van der Waals surface area contributed by atoms with Crippen LogP contribution in [0.1, 0.15) is 23.9 Å². The van der Waals surface area contributed by atoms with Gasteiger partial charge in [0.15, 0.2) is 17.4 Å². The molecule has 158 valence electrons. The number of fused-ring (bicyclic) bond motifs is 2. The molecule has 0 unspecified atom stereocenters. The van der Waals surface area contributed by atoms with Gasteiger partial charge in [0, 0.05) is 13.0 Å². The maximum Gasteiger partial charge on any atom is 0.210 e. The maximum atomic E-state index is 15.2. The van der Waals surface area contributed by atoms with Gasteiger partial charge in [-0.3, -0.25) is 9.89 Å². The minimum Gasteiger partial charge on any atom is -0.505 e. The summed E-state index contributed by atoms with van der Waals surface area (Å²) in [6.45, 7) is 2.89. The molecule has 2 aromatic carbocycles. The molecule has 31 heavy (non-hydrogen) atoms. The van der Waals surface area contributed by atoms with Crippen LogP contribution in [0.2, 0.25) is 0 Å². The molecule has 5 rings (SSSR count). The third kappa shape index (κ3) is 3.13. The van der Waals surface area contributed by atoms with Crippen LogP contribution in [0.25, 0.3) is 33.5 Å². The lowest BCUT2D eigenvalue weighted by atomic mass is 9.96. The van der Waals surface area contributed by atoms with Gasteiger partial charge in [-0.15, -0.1) is 0 Å². The summed E-state index contributed by atoms with van der Waals surface area (Å²) < 4.78 is 29.2. The Kier molecular flexibility index (Phi) is 4.46. The first-order chi connectivity index (χ1) is 15.0. The average Bonchev–Trinajstić information content (AvgIpc) is 3.38. The topological polar surface area (TPSA) is 97.9 Å². The molecule has 3 N–H and O–H groups in total. The zero-order valence-corrected chi connectivity index (χ0v) is 16.7. The minimum absolute atomic E-state index is 0.277. The number of aromatic amines is 2. The van der Waals surface area contributed by atoms with Gasteiger partial charge in [0.2, 0.25) is 6.41 Å². The lowest BCUT2D eigenvalue weighted by Gasteiger charge is -2.21. The van der Waals surface area contributed by atoms with Crippen molar-refractivity contribution in [2.45, 2.75) is 26.3 Å². The Morgan fingerprint density at radius 1 is 1.23 bits per heavy atom. The van der Waals surface area contributed by atoms with Crippen LogP contribution in [-0.2, 0) is 24.2 Å². The lowest BCUT2D eigenvalue weighted by Crippen LogP contribution is -2.29. The van der Waals surface area contributed by atoms with Crippen molar-refractivity contribution >= 4 is 17.3 Å². The summed E-state index contributed by atoms with van der Waals surface area (Å²) in [5.74, 6) is -1.28. The van der Waals surface area contributed by atoms with Gasteiger partial charge in [-0.05, 0) is 47.4 Å². The average molecular weight is 423 g/mol. The number of rotatable bonds is 4. The molecule has 0 aliphatic carbocycles. The fourth-order valence-corrected chi connectivity index (χ4v) is 4.12. The largest absolute Gasteiger partial charge is 0.505 e. The molecule has 9 heteroatoms. The van der Waals surface area contributed by atoms with Crippen LogP contribution in [0.15, 0.2) is 24.3 Å². The van der Waals surface area contributed by atoms with Crippen molar-refractivity contribution in [3.8, 4) is 28.4 Å². The van der Waals surface area contributed by atoms with E-state index in [0.29, 0.717) is 59.7 Å². The van der Waals surface area contributed by atoms with Gasteiger partial charge >= 0.3 is 0 Å². The first kappa shape index (κ1) is 19.2. The molecule has 0 saturated carbocycles. The summed E-state index contributed by atoms with van der Waals surface area (Å²) in [6, 6.07) is 5.62. The predicted octanol–water partition coefficient (Wildman–Crippen LogP) is 3.68. The van der Waals surface area contributed by atoms with Crippen LogP contribution in [0.3, 0.4) is 0 Å². The lowest BCUT2D eigenvalue weighted by molar-refractivity contribution is -0.119. The van der Waals surface area contributed by atoms with E-state index in [1.165, 1.54) is 18.2 Å². The monoisotopic (exact) mass is 423 g/mol. The fourth-order valence-electron chi connectivity index (χ4n) is 4.12. The number of aromatic nitrogens is 4. The molecular formula is C22H19F2N5O2. The number of aromatic hydroxyl groups is 1. The molecule has 0 atom stereocenters. The van der Waals surface area contributed by atoms with Gasteiger partial charge in [-0.25, -0.2) is 13.8 Å². The van der Waals surface area contributed by atoms with E-state index in [0.717, 1.165) is 17.8 Å². The number of phenols is 1. The summed E-state index contributed by atoms with van der Waals surface area (Å²) in [5.41, 5.74) is 4.15. The number of amides is 1. The van der Waals surface area contributed by atoms with Crippen LogP contribution in [0.5, 0.6) is 5.75 Å². The van der Waals surface area contributed by atoms with Crippen molar-refractivity contribution in [1.29, 1.82) is 0 Å². The molecular weight excluding hydrogens is 404 g/mol. The van der Waals surface area contributed by atoms with E-state index < -0.39 is 17.4 Å². The zero-order valence-electron chi connectivity index (χ0n) is 16.7. The number of halogens is 2. The number of phenolic OH excluding ortho intramolecular Hbond substituents is 1. The Bertz CT molecular complexity index is 1330. The molecule has 7 nitrogen and oxygen atoms in total. The number of aryl methyl sites for hydroxylation is 1. The molecule has 0 radical (unpaired) electrons. The molecule has 1 amide bonds. The van der Waals surface area contributed by atoms with Gasteiger partial charge in [-0.2, -0.15) is 5.10 Å². The Hall–Kier alpha value is -3.75. The highest BCUT2D eigenvalue weighted by Crippen LogP contribution is 2.35. The van der Waals surface area contributed by atoms with Crippen molar-refractivity contribution in [3.05, 3.63) is 52.9 Å². The number of benzene rings is 2. The van der Waals surface area contributed by atoms with Gasteiger partial charge in [0.25, 0.3) is 0 Å². The zero-order chi connectivity index (χ0) is 21.7. The quantitative estimate of drug-likeness (QED) is 0.436. The van der Waals surface area contributed by atoms with E-state index in [2.05, 4.69) is 20.2 Å². The summed E-state index contributed by atoms with van der Waals surface area (Å²) in [4.78, 5) is 20.4. The second-order valence-electron chi connectivity index (χ2n) is 7.60. The fraction of sp³-hybridized carbons (Fsp3) is 0.227. The SMILES string of the molecule is CCc1cc(O)c(F)cc1-c1cc(F)c2c(-c3nc4c([nH]3)CN(C=O)CC4)n[nH]c2c1. The minimum atomic E-state index is -0.761. The first-order valence-corrected chi connectivity index (χ1v) is 9.95. The Balaban J connectivity index is 1.60. The van der Waals surface area contributed by atoms with Crippen molar-refractivity contribution in [3.63, 3.8) is 0 Å². The van der Waals surface area contributed by atoms with Crippen LogP contribution in [0, 0.1) is 11.6 Å². The van der Waals surface area contributed by atoms with E-state index in [4.69, 9.17) is 0 Å². The highest BCUT2D eigenvalue weighted by Gasteiger charge is 2.23. The highest BCUT2D eigenvalue weighted by molar-refractivity contribution is 5.94. The molecule has 0 bridgehead atoms. The maximum absolute atomic E-state index is 15.2. The Morgan fingerprint density at radius 3 is 2.84 bits per heavy atom. The third-order valence-corrected chi connectivity index (χ3v) is 5.71. The molecule has 0 spiro atoms. The number of carbonyl (C=O) groups excluding carboxylic acids is 1. The molecule has 0 saturated heterocycles. The van der Waals surface area contributed by atoms with E-state index in [9.17, 15) is 14.3 Å². The van der Waals surface area contributed by atoms with Crippen LogP contribution < -0.4 is 0 Å². The molecule has 1 aliphatic rings. The van der Waals surface area contributed by atoms with Crippen molar-refractivity contribution in [2.75, 3.05) is 6.54 Å². The van der Waals surface area contributed by atoms with Crippen molar-refractivity contribution < 1.29 is 18.7 Å². The van der Waals surface area contributed by atoms with E-state index in [1.54, 1.807) is 11.0 Å². The first-order valence-electron chi connectivity index (χ1n) is 9.95. The number of H-pyrrole nitrogens is 2. The molecule has 4 aromatic rings. The van der Waals surface area contributed by atoms with Crippen LogP contribution in [-0.4, -0.2) is 43.1 Å². The predicted molar refractivity (Wildman–Crippen MR) is 110 cm³/mol. The smallest absolute Gasteiger partial charge is 0.210 e. The van der Waals surface area contributed by atoms with E-state index >= 15 is 4.39 Å². The summed E-state index contributed by atoms with van der Waals surface area (Å²) >= 11 is 0. The van der Waals surface area contributed by atoms with E-state index in [1.807, 2.05) is 6.92 Å². The van der Waals surface area contributed by atoms with Gasteiger partial charge in [0.1, 0.15) is 11.5 Å². The Labute approximate surface area is 175 Å². The van der Waals surface area contributed by atoms with Crippen molar-refractivity contribution in [2.24, 2.45) is 0 Å². The number of nitrogens with one attached hydrogen (secondary N) is 2. The molecule has 1 aliphatic heterocycles. The molecule has 2 aromatic heterocycles. The van der Waals surface area contributed by atoms with Gasteiger partial charge in [-0.1, -0.05) is 6.92 Å². The standard InChI is InChI=1S/C22H19F2N5O2/c1-2-11-7-19(31)14(23)8-13(11)12-5-15(24)20-17(6-12)27-28-21(20)22-25-16-3-4-29(10-30)9-18(16)26-22/h5-8,10,31H,2-4,9H2,1H3,(H,25,26)(H,27,28). The summed E-state index contributed by atoms with van der Waals surface area (Å²) in [6.07, 6.45) is 1.96. The number of hydrogen-bond donors (Lipinski definition) is 3. The molecule has 0 fully saturated rings. The van der Waals surface area contributed by atoms with Gasteiger partial charge < -0.3 is 15.0 Å². The van der Waals surface area contributed by atoms with Crippen LogP contribution >= 0.6 is 0 Å². The second kappa shape index (κ2) is 7.19. The van der Waals surface area contributed by atoms with Crippen molar-refractivity contribution in [1.82, 2.24) is 25.1 Å². The number of hydrogen-bond acceptors (Lipinski definition) is 4. The highest BCUT2D eigenvalue weighted by atomic mass is 19.1. The third-order valence-electron chi connectivity index (χ3n) is 5.71. The van der Waals surface area contributed by atoms with E-state index in [-0.39, 0.29) is 5.39 Å². The van der Waals surface area contributed by atoms with Gasteiger partial charge in [0.05, 0.1) is 28.8 Å². The number of imidazole rings is 1. The number of nitrogens with zero attached hydrogens (tertiary/aromatic N) is 3. The summed E-state index contributed by atoms with van der Waals surface area (Å²) in [7, 11) is 0. The number of carbonyl (C=O) groups is 1.